The summed E-state index contributed by atoms with van der Waals surface area (Å²) in [6.45, 7) is 11.4. The summed E-state index contributed by atoms with van der Waals surface area (Å²) in [7, 11) is 0. The summed E-state index contributed by atoms with van der Waals surface area (Å²) in [4.78, 5) is 38.2. The highest BCUT2D eigenvalue weighted by Crippen LogP contribution is 2.18. The minimum Gasteiger partial charge on any atom is -0.462 e. The molecule has 0 bridgehead atoms. The zero-order valence-electron chi connectivity index (χ0n) is 45.3. The highest BCUT2D eigenvalue weighted by atomic mass is 16.6. The maximum Gasteiger partial charge on any atom is 0.306 e. The molecule has 0 fully saturated rings. The van der Waals surface area contributed by atoms with Gasteiger partial charge in [0, 0.05) is 19.3 Å². The topological polar surface area (TPSA) is 78.9 Å². The zero-order valence-corrected chi connectivity index (χ0v) is 45.3. The quantitative estimate of drug-likeness (QED) is 0.0343. The molecule has 0 aliphatic rings. The standard InChI is InChI=1S/C60H116O6/c1-6-7-8-9-10-11-12-13-14-15-19-25-30-35-40-45-50-58(61)64-53-57(54-65-59(62)51-46-41-36-31-26-22-21-24-29-34-39-44-49-56(4)5)66-60(63)52-47-42-37-32-27-20-17-16-18-23-28-33-38-43-48-55(2)3/h55-57H,6-54H2,1-5H3/t57-/m0/s1. The monoisotopic (exact) mass is 933 g/mol. The van der Waals surface area contributed by atoms with Gasteiger partial charge in [-0.1, -0.05) is 298 Å². The van der Waals surface area contributed by atoms with Crippen molar-refractivity contribution in [3.8, 4) is 0 Å². The predicted molar refractivity (Wildman–Crippen MR) is 284 cm³/mol. The Morgan fingerprint density at radius 2 is 0.500 bits per heavy atom. The Bertz CT molecular complexity index is 1010. The number of rotatable bonds is 54. The Balaban J connectivity index is 4.30. The van der Waals surface area contributed by atoms with Crippen LogP contribution < -0.4 is 0 Å². The van der Waals surface area contributed by atoms with E-state index in [1.165, 1.54) is 225 Å². The fourth-order valence-corrected chi connectivity index (χ4v) is 9.23. The molecule has 0 spiro atoms. The fraction of sp³-hybridized carbons (Fsp3) is 0.950. The van der Waals surface area contributed by atoms with E-state index in [2.05, 4.69) is 34.6 Å². The Morgan fingerprint density at radius 1 is 0.288 bits per heavy atom. The van der Waals surface area contributed by atoms with Gasteiger partial charge in [0.25, 0.3) is 0 Å². The van der Waals surface area contributed by atoms with Crippen LogP contribution in [0.3, 0.4) is 0 Å². The van der Waals surface area contributed by atoms with E-state index in [0.29, 0.717) is 19.3 Å². The molecule has 0 saturated carbocycles. The van der Waals surface area contributed by atoms with Gasteiger partial charge >= 0.3 is 17.9 Å². The third kappa shape index (κ3) is 53.4. The van der Waals surface area contributed by atoms with E-state index in [1.54, 1.807) is 0 Å². The van der Waals surface area contributed by atoms with Gasteiger partial charge in [0.1, 0.15) is 13.2 Å². The van der Waals surface area contributed by atoms with Crippen molar-refractivity contribution >= 4 is 17.9 Å². The highest BCUT2D eigenvalue weighted by molar-refractivity contribution is 5.71. The number of hydrogen-bond acceptors (Lipinski definition) is 6. The van der Waals surface area contributed by atoms with Crippen molar-refractivity contribution in [2.45, 2.75) is 343 Å². The number of ether oxygens (including phenoxy) is 3. The molecule has 392 valence electrons. The minimum atomic E-state index is -0.763. The van der Waals surface area contributed by atoms with Gasteiger partial charge in [-0.25, -0.2) is 0 Å². The molecule has 6 nitrogen and oxygen atoms in total. The van der Waals surface area contributed by atoms with Gasteiger partial charge < -0.3 is 14.2 Å². The molecular formula is C60H116O6. The Kier molecular flexibility index (Phi) is 51.5. The van der Waals surface area contributed by atoms with Crippen LogP contribution in [0.15, 0.2) is 0 Å². The summed E-state index contributed by atoms with van der Waals surface area (Å²) in [5, 5.41) is 0. The van der Waals surface area contributed by atoms with Crippen molar-refractivity contribution in [1.82, 2.24) is 0 Å². The Morgan fingerprint density at radius 3 is 0.742 bits per heavy atom. The largest absolute Gasteiger partial charge is 0.462 e. The Labute approximate surface area is 412 Å². The predicted octanol–water partition coefficient (Wildman–Crippen LogP) is 19.7. The molecule has 0 rings (SSSR count). The molecule has 0 N–H and O–H groups in total. The smallest absolute Gasteiger partial charge is 0.306 e. The fourth-order valence-electron chi connectivity index (χ4n) is 9.23. The van der Waals surface area contributed by atoms with Crippen LogP contribution in [-0.2, 0) is 28.6 Å². The molecule has 0 aromatic carbocycles. The van der Waals surface area contributed by atoms with Crippen LogP contribution in [0.4, 0.5) is 0 Å². The first-order valence-electron chi connectivity index (χ1n) is 29.7. The molecule has 0 aromatic heterocycles. The van der Waals surface area contributed by atoms with E-state index in [1.807, 2.05) is 0 Å². The number of carbonyl (C=O) groups is 3. The van der Waals surface area contributed by atoms with E-state index in [-0.39, 0.29) is 31.1 Å². The van der Waals surface area contributed by atoms with E-state index < -0.39 is 6.10 Å². The molecule has 0 radical (unpaired) electrons. The second-order valence-electron chi connectivity index (χ2n) is 21.6. The second kappa shape index (κ2) is 52.8. The SMILES string of the molecule is CCCCCCCCCCCCCCCCCCC(=O)OC[C@@H](COC(=O)CCCCCCCCCCCCCCC(C)C)OC(=O)CCCCCCCCCCCCCCCCC(C)C. The summed E-state index contributed by atoms with van der Waals surface area (Å²) in [5.74, 6) is 0.841. The van der Waals surface area contributed by atoms with Gasteiger partial charge in [-0.15, -0.1) is 0 Å². The lowest BCUT2D eigenvalue weighted by atomic mass is 10.0. The third-order valence-electron chi connectivity index (χ3n) is 13.7. The molecule has 0 amide bonds. The van der Waals surface area contributed by atoms with Crippen molar-refractivity contribution in [1.29, 1.82) is 0 Å². The number of hydrogen-bond donors (Lipinski definition) is 0. The highest BCUT2D eigenvalue weighted by Gasteiger charge is 2.19. The zero-order chi connectivity index (χ0) is 48.2. The van der Waals surface area contributed by atoms with Crippen molar-refractivity contribution in [2.24, 2.45) is 11.8 Å². The van der Waals surface area contributed by atoms with E-state index in [4.69, 9.17) is 14.2 Å². The molecule has 0 saturated heterocycles. The lowest BCUT2D eigenvalue weighted by Gasteiger charge is -2.18. The second-order valence-corrected chi connectivity index (χ2v) is 21.6. The molecule has 1 atom stereocenters. The minimum absolute atomic E-state index is 0.0624. The van der Waals surface area contributed by atoms with Crippen LogP contribution in [0, 0.1) is 11.8 Å². The summed E-state index contributed by atoms with van der Waals surface area (Å²) >= 11 is 0. The van der Waals surface area contributed by atoms with Crippen LogP contribution in [0.1, 0.15) is 336 Å². The summed E-state index contributed by atoms with van der Waals surface area (Å²) in [6.07, 6.45) is 56.6. The van der Waals surface area contributed by atoms with Gasteiger partial charge in [-0.3, -0.25) is 14.4 Å². The maximum atomic E-state index is 12.9. The first-order valence-corrected chi connectivity index (χ1v) is 29.7. The van der Waals surface area contributed by atoms with Gasteiger partial charge in [-0.05, 0) is 31.1 Å². The summed E-state index contributed by atoms with van der Waals surface area (Å²) in [5.41, 5.74) is 0. The van der Waals surface area contributed by atoms with Gasteiger partial charge in [0.15, 0.2) is 6.10 Å². The van der Waals surface area contributed by atoms with Crippen LogP contribution in [-0.4, -0.2) is 37.2 Å². The average molecular weight is 934 g/mol. The van der Waals surface area contributed by atoms with Crippen LogP contribution in [0.5, 0.6) is 0 Å². The molecule has 0 unspecified atom stereocenters. The van der Waals surface area contributed by atoms with Crippen molar-refractivity contribution < 1.29 is 28.6 Å². The van der Waals surface area contributed by atoms with Crippen molar-refractivity contribution in [3.05, 3.63) is 0 Å². The van der Waals surface area contributed by atoms with Crippen molar-refractivity contribution in [2.75, 3.05) is 13.2 Å². The van der Waals surface area contributed by atoms with Gasteiger partial charge in [-0.2, -0.15) is 0 Å². The van der Waals surface area contributed by atoms with Gasteiger partial charge in [0.05, 0.1) is 0 Å². The summed E-state index contributed by atoms with van der Waals surface area (Å²) < 4.78 is 16.9. The average Bonchev–Trinajstić information content (AvgIpc) is 3.29. The first kappa shape index (κ1) is 64.4. The molecule has 0 aliphatic heterocycles. The molecule has 6 heteroatoms. The Hall–Kier alpha value is -1.59. The van der Waals surface area contributed by atoms with Crippen LogP contribution in [0.2, 0.25) is 0 Å². The molecule has 0 heterocycles. The molecular weight excluding hydrogens is 817 g/mol. The normalized spacial score (nSPS) is 12.0. The molecule has 66 heavy (non-hydrogen) atoms. The molecule has 0 aliphatic carbocycles. The first-order chi connectivity index (χ1) is 32.2. The van der Waals surface area contributed by atoms with Crippen molar-refractivity contribution in [3.63, 3.8) is 0 Å². The third-order valence-corrected chi connectivity index (χ3v) is 13.7. The lowest BCUT2D eigenvalue weighted by molar-refractivity contribution is -0.167. The van der Waals surface area contributed by atoms with Crippen LogP contribution >= 0.6 is 0 Å². The van der Waals surface area contributed by atoms with Crippen LogP contribution in [0.25, 0.3) is 0 Å². The summed E-state index contributed by atoms with van der Waals surface area (Å²) in [6, 6.07) is 0. The number of unbranched alkanes of at least 4 members (excludes halogenated alkanes) is 39. The van der Waals surface area contributed by atoms with E-state index >= 15 is 0 Å². The number of esters is 3. The van der Waals surface area contributed by atoms with Gasteiger partial charge in [0.2, 0.25) is 0 Å². The maximum absolute atomic E-state index is 12.9. The number of carbonyl (C=O) groups excluding carboxylic acids is 3. The molecule has 0 aromatic rings. The van der Waals surface area contributed by atoms with E-state index in [9.17, 15) is 14.4 Å². The van der Waals surface area contributed by atoms with E-state index in [0.717, 1.165) is 69.6 Å². The lowest BCUT2D eigenvalue weighted by Crippen LogP contribution is -2.30.